The predicted octanol–water partition coefficient (Wildman–Crippen LogP) is 1.73. The third-order valence-corrected chi connectivity index (χ3v) is 4.49. The van der Waals surface area contributed by atoms with E-state index in [0.717, 1.165) is 0 Å². The van der Waals surface area contributed by atoms with Gasteiger partial charge in [-0.1, -0.05) is 25.1 Å². The van der Waals surface area contributed by atoms with Crippen LogP contribution >= 0.6 is 12.6 Å². The van der Waals surface area contributed by atoms with E-state index < -0.39 is 12.0 Å². The van der Waals surface area contributed by atoms with Gasteiger partial charge in [-0.2, -0.15) is 12.6 Å². The average molecular weight is 309 g/mol. The summed E-state index contributed by atoms with van der Waals surface area (Å²) < 4.78 is 0. The summed E-state index contributed by atoms with van der Waals surface area (Å²) >= 11 is 4.10. The number of aromatic hydroxyl groups is 1. The van der Waals surface area contributed by atoms with E-state index in [9.17, 15) is 19.8 Å². The number of rotatable bonds is 4. The Balaban J connectivity index is 2.25. The summed E-state index contributed by atoms with van der Waals surface area (Å²) in [6.45, 7) is 2.05. The SMILES string of the molecule is CC(CS)C(=O)N1CC(c2ccccc2O)C[C@H]1C(=O)O. The van der Waals surface area contributed by atoms with E-state index in [-0.39, 0.29) is 23.5 Å². The Bertz CT molecular complexity index is 548. The first-order valence-electron chi connectivity index (χ1n) is 6.87. The Labute approximate surface area is 129 Å². The number of benzene rings is 1. The number of aliphatic carboxylic acids is 1. The number of carbonyl (C=O) groups excluding carboxylic acids is 1. The minimum atomic E-state index is -1.01. The Hall–Kier alpha value is -1.69. The van der Waals surface area contributed by atoms with Crippen molar-refractivity contribution in [2.45, 2.75) is 25.3 Å². The summed E-state index contributed by atoms with van der Waals surface area (Å²) in [7, 11) is 0. The van der Waals surface area contributed by atoms with Crippen LogP contribution < -0.4 is 0 Å². The van der Waals surface area contributed by atoms with Gasteiger partial charge in [0.25, 0.3) is 0 Å². The zero-order chi connectivity index (χ0) is 15.6. The number of carboxylic acid groups (broad SMARTS) is 1. The minimum Gasteiger partial charge on any atom is -0.508 e. The van der Waals surface area contributed by atoms with E-state index in [2.05, 4.69) is 12.6 Å². The second-order valence-corrected chi connectivity index (χ2v) is 5.78. The molecule has 1 aromatic rings. The molecule has 1 saturated heterocycles. The van der Waals surface area contributed by atoms with Crippen molar-refractivity contribution < 1.29 is 19.8 Å². The number of hydrogen-bond donors (Lipinski definition) is 3. The maximum Gasteiger partial charge on any atom is 0.326 e. The standard InChI is InChI=1S/C15H19NO4S/c1-9(8-21)14(18)16-7-10(6-12(16)15(19)20)11-4-2-3-5-13(11)17/h2-5,9-10,12,17,21H,6-8H2,1H3,(H,19,20)/t9?,10?,12-/m0/s1. The molecule has 2 unspecified atom stereocenters. The lowest BCUT2D eigenvalue weighted by Crippen LogP contribution is -2.43. The number of hydrogen-bond acceptors (Lipinski definition) is 4. The van der Waals surface area contributed by atoms with Gasteiger partial charge < -0.3 is 15.1 Å². The molecule has 5 nitrogen and oxygen atoms in total. The summed E-state index contributed by atoms with van der Waals surface area (Å²) in [6.07, 6.45) is 0.317. The van der Waals surface area contributed by atoms with E-state index in [1.165, 1.54) is 4.90 Å². The van der Waals surface area contributed by atoms with E-state index in [1.807, 2.05) is 0 Å². The lowest BCUT2D eigenvalue weighted by Gasteiger charge is -2.24. The van der Waals surface area contributed by atoms with Crippen LogP contribution in [0.4, 0.5) is 0 Å². The lowest BCUT2D eigenvalue weighted by molar-refractivity contribution is -0.149. The molecule has 0 radical (unpaired) electrons. The zero-order valence-corrected chi connectivity index (χ0v) is 12.7. The maximum absolute atomic E-state index is 12.3. The number of para-hydroxylation sites is 1. The minimum absolute atomic E-state index is 0.142. The highest BCUT2D eigenvalue weighted by molar-refractivity contribution is 7.80. The largest absolute Gasteiger partial charge is 0.508 e. The number of nitrogens with zero attached hydrogens (tertiary/aromatic N) is 1. The summed E-state index contributed by atoms with van der Waals surface area (Å²) in [4.78, 5) is 25.1. The zero-order valence-electron chi connectivity index (χ0n) is 11.8. The fourth-order valence-corrected chi connectivity index (χ4v) is 2.89. The summed E-state index contributed by atoms with van der Waals surface area (Å²) in [5.41, 5.74) is 0.692. The van der Waals surface area contributed by atoms with Crippen LogP contribution in [0.1, 0.15) is 24.8 Å². The monoisotopic (exact) mass is 309 g/mol. The van der Waals surface area contributed by atoms with Crippen LogP contribution in [0, 0.1) is 5.92 Å². The first-order valence-corrected chi connectivity index (χ1v) is 7.51. The molecule has 0 spiro atoms. The maximum atomic E-state index is 12.3. The molecule has 2 N–H and O–H groups in total. The molecule has 6 heteroatoms. The molecule has 0 saturated carbocycles. The molecule has 21 heavy (non-hydrogen) atoms. The molecular formula is C15H19NO4S. The van der Waals surface area contributed by atoms with Crippen molar-refractivity contribution in [3.05, 3.63) is 29.8 Å². The first-order chi connectivity index (χ1) is 9.95. The molecule has 1 heterocycles. The van der Waals surface area contributed by atoms with Crippen molar-refractivity contribution in [1.82, 2.24) is 4.90 Å². The first kappa shape index (κ1) is 15.7. The molecule has 1 aliphatic heterocycles. The number of likely N-dealkylation sites (tertiary alicyclic amines) is 1. The van der Waals surface area contributed by atoms with Crippen molar-refractivity contribution in [3.63, 3.8) is 0 Å². The van der Waals surface area contributed by atoms with Gasteiger partial charge in [0.2, 0.25) is 5.91 Å². The highest BCUT2D eigenvalue weighted by atomic mass is 32.1. The highest BCUT2D eigenvalue weighted by Crippen LogP contribution is 2.36. The number of thiol groups is 1. The fourth-order valence-electron chi connectivity index (χ4n) is 2.73. The predicted molar refractivity (Wildman–Crippen MR) is 81.6 cm³/mol. The van der Waals surface area contributed by atoms with Crippen LogP contribution in [0.3, 0.4) is 0 Å². The van der Waals surface area contributed by atoms with Gasteiger partial charge in [-0.05, 0) is 18.1 Å². The van der Waals surface area contributed by atoms with Crippen LogP contribution in [0.2, 0.25) is 0 Å². The van der Waals surface area contributed by atoms with Crippen LogP contribution in [-0.4, -0.2) is 45.3 Å². The molecule has 0 bridgehead atoms. The molecule has 3 atom stereocenters. The fraction of sp³-hybridized carbons (Fsp3) is 0.467. The average Bonchev–Trinajstić information content (AvgIpc) is 2.91. The van der Waals surface area contributed by atoms with Gasteiger partial charge in [0, 0.05) is 24.1 Å². The van der Waals surface area contributed by atoms with Crippen molar-refractivity contribution in [2.24, 2.45) is 5.92 Å². The van der Waals surface area contributed by atoms with Gasteiger partial charge in [-0.15, -0.1) is 0 Å². The molecule has 1 amide bonds. The van der Waals surface area contributed by atoms with Gasteiger partial charge in [0.1, 0.15) is 11.8 Å². The Morgan fingerprint density at radius 2 is 2.10 bits per heavy atom. The quantitative estimate of drug-likeness (QED) is 0.740. The van der Waals surface area contributed by atoms with Crippen LogP contribution in [-0.2, 0) is 9.59 Å². The van der Waals surface area contributed by atoms with Crippen molar-refractivity contribution >= 4 is 24.5 Å². The topological polar surface area (TPSA) is 77.8 Å². The van der Waals surface area contributed by atoms with Gasteiger partial charge in [-0.25, -0.2) is 4.79 Å². The Morgan fingerprint density at radius 3 is 2.67 bits per heavy atom. The van der Waals surface area contributed by atoms with Crippen molar-refractivity contribution in [2.75, 3.05) is 12.3 Å². The summed E-state index contributed by atoms with van der Waals surface area (Å²) in [6, 6.07) is 6.02. The number of carbonyl (C=O) groups is 2. The number of amides is 1. The van der Waals surface area contributed by atoms with Gasteiger partial charge in [0.15, 0.2) is 0 Å². The van der Waals surface area contributed by atoms with Crippen molar-refractivity contribution in [1.29, 1.82) is 0 Å². The Morgan fingerprint density at radius 1 is 1.43 bits per heavy atom. The van der Waals surface area contributed by atoms with Crippen LogP contribution in [0.15, 0.2) is 24.3 Å². The number of carboxylic acids is 1. The second-order valence-electron chi connectivity index (χ2n) is 5.42. The molecule has 1 aromatic carbocycles. The van der Waals surface area contributed by atoms with Gasteiger partial charge >= 0.3 is 5.97 Å². The van der Waals surface area contributed by atoms with E-state index >= 15 is 0 Å². The third kappa shape index (κ3) is 3.15. The number of phenols is 1. The van der Waals surface area contributed by atoms with E-state index in [1.54, 1.807) is 31.2 Å². The van der Waals surface area contributed by atoms with Gasteiger partial charge in [0.05, 0.1) is 0 Å². The van der Waals surface area contributed by atoms with E-state index in [0.29, 0.717) is 24.3 Å². The number of phenolic OH excluding ortho intramolecular Hbond substituents is 1. The van der Waals surface area contributed by atoms with Gasteiger partial charge in [-0.3, -0.25) is 4.79 Å². The molecule has 1 fully saturated rings. The molecule has 1 aliphatic rings. The molecular weight excluding hydrogens is 290 g/mol. The lowest BCUT2D eigenvalue weighted by atomic mass is 9.95. The molecule has 2 rings (SSSR count). The Kier molecular flexibility index (Phi) is 4.77. The molecule has 114 valence electrons. The van der Waals surface area contributed by atoms with Crippen molar-refractivity contribution in [3.8, 4) is 5.75 Å². The van der Waals surface area contributed by atoms with E-state index in [4.69, 9.17) is 0 Å². The third-order valence-electron chi connectivity index (χ3n) is 3.94. The smallest absolute Gasteiger partial charge is 0.326 e. The normalized spacial score (nSPS) is 23.0. The van der Waals surface area contributed by atoms with Crippen LogP contribution in [0.25, 0.3) is 0 Å². The van der Waals surface area contributed by atoms with Crippen LogP contribution in [0.5, 0.6) is 5.75 Å². The highest BCUT2D eigenvalue weighted by Gasteiger charge is 2.41. The second kappa shape index (κ2) is 6.39. The molecule has 0 aromatic heterocycles. The summed E-state index contributed by atoms with van der Waals surface area (Å²) in [5.74, 6) is -1.17. The summed E-state index contributed by atoms with van der Waals surface area (Å²) in [5, 5.41) is 19.3. The molecule has 0 aliphatic carbocycles.